The lowest BCUT2D eigenvalue weighted by molar-refractivity contribution is 0.0879. The molecule has 1 aromatic heterocycles. The van der Waals surface area contributed by atoms with Crippen molar-refractivity contribution in [1.29, 1.82) is 0 Å². The van der Waals surface area contributed by atoms with Crippen molar-refractivity contribution in [1.82, 2.24) is 10.5 Å². The lowest BCUT2D eigenvalue weighted by atomic mass is 10.1. The zero-order valence-corrected chi connectivity index (χ0v) is 9.96. The zero-order chi connectivity index (χ0) is 13.0. The van der Waals surface area contributed by atoms with Crippen molar-refractivity contribution in [2.24, 2.45) is 0 Å². The Labute approximate surface area is 104 Å². The van der Waals surface area contributed by atoms with Gasteiger partial charge in [-0.25, -0.2) is 0 Å². The van der Waals surface area contributed by atoms with Crippen LogP contribution in [0.15, 0.2) is 40.9 Å². The molecule has 5 nitrogen and oxygen atoms in total. The minimum absolute atomic E-state index is 0.141. The van der Waals surface area contributed by atoms with Gasteiger partial charge in [0.1, 0.15) is 0 Å². The van der Waals surface area contributed by atoms with Gasteiger partial charge in [0.05, 0.1) is 18.3 Å². The highest BCUT2D eigenvalue weighted by molar-refractivity contribution is 5.91. The van der Waals surface area contributed by atoms with E-state index in [4.69, 9.17) is 4.52 Å². The second-order valence-corrected chi connectivity index (χ2v) is 3.95. The highest BCUT2D eigenvalue weighted by Crippen LogP contribution is 2.13. The highest BCUT2D eigenvalue weighted by Gasteiger charge is 2.17. The molecule has 0 aliphatic rings. The van der Waals surface area contributed by atoms with Crippen LogP contribution in [0.5, 0.6) is 0 Å². The summed E-state index contributed by atoms with van der Waals surface area (Å²) < 4.78 is 4.86. The Balaban J connectivity index is 2.10. The number of benzene rings is 1. The van der Waals surface area contributed by atoms with Crippen LogP contribution in [0, 0.1) is 6.92 Å². The van der Waals surface area contributed by atoms with E-state index in [1.807, 2.05) is 30.3 Å². The van der Waals surface area contributed by atoms with Gasteiger partial charge >= 0.3 is 0 Å². The second-order valence-electron chi connectivity index (χ2n) is 3.95. The summed E-state index contributed by atoms with van der Waals surface area (Å²) in [4.78, 5) is 11.8. The maximum absolute atomic E-state index is 11.8. The van der Waals surface area contributed by atoms with Crippen LogP contribution in [0.1, 0.15) is 27.9 Å². The van der Waals surface area contributed by atoms with Crippen molar-refractivity contribution < 1.29 is 14.4 Å². The Morgan fingerprint density at radius 2 is 2.17 bits per heavy atom. The van der Waals surface area contributed by atoms with Crippen LogP contribution in [-0.2, 0) is 0 Å². The summed E-state index contributed by atoms with van der Waals surface area (Å²) in [5.41, 5.74) is 1.48. The number of nitrogens with one attached hydrogen (secondary N) is 1. The van der Waals surface area contributed by atoms with Crippen molar-refractivity contribution in [2.45, 2.75) is 13.0 Å². The lowest BCUT2D eigenvalue weighted by Gasteiger charge is -2.15. The van der Waals surface area contributed by atoms with Gasteiger partial charge < -0.3 is 14.9 Å². The molecule has 0 unspecified atom stereocenters. The fourth-order valence-corrected chi connectivity index (χ4v) is 1.62. The van der Waals surface area contributed by atoms with Crippen LogP contribution >= 0.6 is 0 Å². The predicted octanol–water partition coefficient (Wildman–Crippen LogP) is 1.45. The SMILES string of the molecule is Cc1cc(C(=O)N[C@H](CO)c2ccccc2)on1. The van der Waals surface area contributed by atoms with Crippen LogP contribution < -0.4 is 5.32 Å². The summed E-state index contributed by atoms with van der Waals surface area (Å²) in [5, 5.41) is 15.7. The molecule has 0 aliphatic carbocycles. The minimum atomic E-state index is -0.455. The number of hydrogen-bond acceptors (Lipinski definition) is 4. The predicted molar refractivity (Wildman–Crippen MR) is 65.0 cm³/mol. The molecule has 5 heteroatoms. The molecule has 0 bridgehead atoms. The number of carbonyl (C=O) groups is 1. The number of carbonyl (C=O) groups excluding carboxylic acids is 1. The first-order chi connectivity index (χ1) is 8.70. The molecular formula is C13H14N2O3. The number of nitrogens with zero attached hydrogens (tertiary/aromatic N) is 1. The number of aryl methyl sites for hydroxylation is 1. The van der Waals surface area contributed by atoms with Crippen LogP contribution in [0.4, 0.5) is 0 Å². The van der Waals surface area contributed by atoms with Crippen LogP contribution in [0.2, 0.25) is 0 Å². The molecule has 0 aliphatic heterocycles. The van der Waals surface area contributed by atoms with Gasteiger partial charge in [0.15, 0.2) is 0 Å². The molecule has 1 heterocycles. The number of rotatable bonds is 4. The third-order valence-electron chi connectivity index (χ3n) is 2.54. The molecule has 0 saturated carbocycles. The fraction of sp³-hybridized carbons (Fsp3) is 0.231. The number of aliphatic hydroxyl groups excluding tert-OH is 1. The van der Waals surface area contributed by atoms with Gasteiger partial charge in [-0.15, -0.1) is 0 Å². The van der Waals surface area contributed by atoms with Gasteiger partial charge in [0.25, 0.3) is 5.91 Å². The number of amides is 1. The minimum Gasteiger partial charge on any atom is -0.394 e. The number of hydrogen-bond donors (Lipinski definition) is 2. The molecular weight excluding hydrogens is 232 g/mol. The second kappa shape index (κ2) is 5.46. The van der Waals surface area contributed by atoms with E-state index in [-0.39, 0.29) is 12.4 Å². The topological polar surface area (TPSA) is 75.4 Å². The molecule has 0 spiro atoms. The average Bonchev–Trinajstić information content (AvgIpc) is 2.83. The van der Waals surface area contributed by atoms with Crippen LogP contribution in [0.25, 0.3) is 0 Å². The van der Waals surface area contributed by atoms with Crippen LogP contribution in [0.3, 0.4) is 0 Å². The van der Waals surface area contributed by atoms with E-state index in [1.54, 1.807) is 13.0 Å². The number of aliphatic hydroxyl groups is 1. The summed E-state index contributed by atoms with van der Waals surface area (Å²) in [6.07, 6.45) is 0. The van der Waals surface area contributed by atoms with E-state index in [1.165, 1.54) is 0 Å². The van der Waals surface area contributed by atoms with Gasteiger partial charge in [-0.2, -0.15) is 0 Å². The molecule has 1 amide bonds. The van der Waals surface area contributed by atoms with E-state index in [9.17, 15) is 9.90 Å². The van der Waals surface area contributed by atoms with Crippen molar-refractivity contribution in [3.8, 4) is 0 Å². The van der Waals surface area contributed by atoms with Gasteiger partial charge in [0, 0.05) is 6.07 Å². The van der Waals surface area contributed by atoms with Gasteiger partial charge in [-0.3, -0.25) is 4.79 Å². The monoisotopic (exact) mass is 246 g/mol. The molecule has 1 aromatic carbocycles. The third-order valence-corrected chi connectivity index (χ3v) is 2.54. The summed E-state index contributed by atoms with van der Waals surface area (Å²) in [6.45, 7) is 1.56. The molecule has 0 radical (unpaired) electrons. The van der Waals surface area contributed by atoms with Crippen molar-refractivity contribution in [3.05, 3.63) is 53.4 Å². The molecule has 2 aromatic rings. The Bertz CT molecular complexity index is 522. The van der Waals surface area contributed by atoms with E-state index in [0.717, 1.165) is 5.56 Å². The van der Waals surface area contributed by atoms with Gasteiger partial charge in [-0.1, -0.05) is 35.5 Å². The maximum atomic E-state index is 11.8. The average molecular weight is 246 g/mol. The number of aromatic nitrogens is 1. The Morgan fingerprint density at radius 3 is 2.72 bits per heavy atom. The zero-order valence-electron chi connectivity index (χ0n) is 9.96. The molecule has 94 valence electrons. The van der Waals surface area contributed by atoms with Crippen molar-refractivity contribution in [2.75, 3.05) is 6.61 Å². The maximum Gasteiger partial charge on any atom is 0.290 e. The van der Waals surface area contributed by atoms with Crippen molar-refractivity contribution >= 4 is 5.91 Å². The fourth-order valence-electron chi connectivity index (χ4n) is 1.62. The van der Waals surface area contributed by atoms with E-state index >= 15 is 0 Å². The summed E-state index contributed by atoms with van der Waals surface area (Å²) >= 11 is 0. The molecule has 2 N–H and O–H groups in total. The highest BCUT2D eigenvalue weighted by atomic mass is 16.5. The Hall–Kier alpha value is -2.14. The molecule has 0 fully saturated rings. The van der Waals surface area contributed by atoms with Crippen LogP contribution in [-0.4, -0.2) is 22.8 Å². The normalized spacial score (nSPS) is 12.1. The molecule has 1 atom stereocenters. The first-order valence-electron chi connectivity index (χ1n) is 5.60. The van der Waals surface area contributed by atoms with E-state index in [2.05, 4.69) is 10.5 Å². The quantitative estimate of drug-likeness (QED) is 0.856. The molecule has 18 heavy (non-hydrogen) atoms. The Morgan fingerprint density at radius 1 is 1.44 bits per heavy atom. The molecule has 0 saturated heterocycles. The first kappa shape index (κ1) is 12.3. The van der Waals surface area contributed by atoms with E-state index in [0.29, 0.717) is 5.69 Å². The Kier molecular flexibility index (Phi) is 3.74. The summed E-state index contributed by atoms with van der Waals surface area (Å²) in [7, 11) is 0. The third kappa shape index (κ3) is 2.75. The van der Waals surface area contributed by atoms with Gasteiger partial charge in [0.2, 0.25) is 5.76 Å². The standard InChI is InChI=1S/C13H14N2O3/c1-9-7-12(18-15-9)13(17)14-11(8-16)10-5-3-2-4-6-10/h2-7,11,16H,8H2,1H3,(H,14,17)/t11-/m1/s1. The van der Waals surface area contributed by atoms with Crippen molar-refractivity contribution in [3.63, 3.8) is 0 Å². The summed E-state index contributed by atoms with van der Waals surface area (Å²) in [6, 6.07) is 10.4. The van der Waals surface area contributed by atoms with Gasteiger partial charge in [-0.05, 0) is 12.5 Å². The first-order valence-corrected chi connectivity index (χ1v) is 5.60. The smallest absolute Gasteiger partial charge is 0.290 e. The van der Waals surface area contributed by atoms with E-state index < -0.39 is 11.9 Å². The molecule has 2 rings (SSSR count). The largest absolute Gasteiger partial charge is 0.394 e. The lowest BCUT2D eigenvalue weighted by Crippen LogP contribution is -2.30. The summed E-state index contributed by atoms with van der Waals surface area (Å²) in [5.74, 6) is -0.250.